The highest BCUT2D eigenvalue weighted by Crippen LogP contribution is 2.19. The summed E-state index contributed by atoms with van der Waals surface area (Å²) in [5.41, 5.74) is 1.01. The largest absolute Gasteiger partial charge is 0.475 e. The highest BCUT2D eigenvalue weighted by atomic mass is 32.2. The van der Waals surface area contributed by atoms with Crippen LogP contribution in [0.4, 0.5) is 0 Å². The van der Waals surface area contributed by atoms with Crippen LogP contribution in [0, 0.1) is 0 Å². The maximum atomic E-state index is 13.0. The number of benzene rings is 1. The van der Waals surface area contributed by atoms with Crippen LogP contribution in [0.5, 0.6) is 5.88 Å². The number of piperazine rings is 1. The highest BCUT2D eigenvalue weighted by Gasteiger charge is 2.29. The van der Waals surface area contributed by atoms with Crippen molar-refractivity contribution in [2.45, 2.75) is 18.4 Å². The summed E-state index contributed by atoms with van der Waals surface area (Å²) >= 11 is 0. The maximum absolute atomic E-state index is 13.0. The Morgan fingerprint density at radius 2 is 1.85 bits per heavy atom. The number of carbonyl (C=O) groups is 2. The van der Waals surface area contributed by atoms with Gasteiger partial charge in [0.15, 0.2) is 0 Å². The molecule has 0 aliphatic carbocycles. The topological polar surface area (TPSA) is 118 Å². The molecule has 1 saturated heterocycles. The van der Waals surface area contributed by atoms with Gasteiger partial charge in [-0.2, -0.15) is 4.31 Å². The molecule has 1 aliphatic heterocycles. The van der Waals surface area contributed by atoms with Gasteiger partial charge in [-0.3, -0.25) is 9.59 Å². The second kappa shape index (κ2) is 11.2. The van der Waals surface area contributed by atoms with Crippen molar-refractivity contribution in [3.05, 3.63) is 53.7 Å². The Balaban J connectivity index is 1.59. The zero-order valence-electron chi connectivity index (χ0n) is 18.7. The van der Waals surface area contributed by atoms with Gasteiger partial charge in [-0.05, 0) is 23.8 Å². The van der Waals surface area contributed by atoms with E-state index in [2.05, 4.69) is 10.3 Å². The molecule has 0 radical (unpaired) electrons. The molecular formula is C22H28N4O6S. The van der Waals surface area contributed by atoms with Crippen molar-refractivity contribution in [1.82, 2.24) is 19.5 Å². The smallest absolute Gasteiger partial charge is 0.251 e. The van der Waals surface area contributed by atoms with Crippen LogP contribution in [0.25, 0.3) is 0 Å². The van der Waals surface area contributed by atoms with E-state index in [9.17, 15) is 18.0 Å². The second-order valence-corrected chi connectivity index (χ2v) is 9.40. The molecule has 0 bridgehead atoms. The van der Waals surface area contributed by atoms with Crippen LogP contribution in [-0.2, 0) is 26.1 Å². The van der Waals surface area contributed by atoms with Gasteiger partial charge in [0, 0.05) is 64.6 Å². The van der Waals surface area contributed by atoms with Gasteiger partial charge < -0.3 is 19.7 Å². The Morgan fingerprint density at radius 3 is 2.48 bits per heavy atom. The molecule has 10 nitrogen and oxygen atoms in total. The van der Waals surface area contributed by atoms with Crippen LogP contribution in [0.15, 0.2) is 47.5 Å². The van der Waals surface area contributed by atoms with Gasteiger partial charge in [0.2, 0.25) is 21.8 Å². The monoisotopic (exact) mass is 476 g/mol. The van der Waals surface area contributed by atoms with Crippen LogP contribution in [0.2, 0.25) is 0 Å². The lowest BCUT2D eigenvalue weighted by Crippen LogP contribution is -2.49. The molecule has 1 N–H and O–H groups in total. The van der Waals surface area contributed by atoms with Gasteiger partial charge in [-0.25, -0.2) is 13.4 Å². The number of ether oxygens (including phenoxy) is 2. The van der Waals surface area contributed by atoms with Gasteiger partial charge in [0.1, 0.15) is 6.61 Å². The normalized spacial score (nSPS) is 14.7. The number of amides is 2. The van der Waals surface area contributed by atoms with Gasteiger partial charge >= 0.3 is 0 Å². The summed E-state index contributed by atoms with van der Waals surface area (Å²) < 4.78 is 37.7. The molecule has 3 rings (SSSR count). The first kappa shape index (κ1) is 24.6. The second-order valence-electron chi connectivity index (χ2n) is 7.47. The maximum Gasteiger partial charge on any atom is 0.251 e. The molecule has 1 aromatic heterocycles. The Hall–Kier alpha value is -3.02. The predicted octanol–water partition coefficient (Wildman–Crippen LogP) is 0.890. The average Bonchev–Trinajstić information content (AvgIpc) is 2.83. The number of methoxy groups -OCH3 is 1. The van der Waals surface area contributed by atoms with Crippen LogP contribution < -0.4 is 10.1 Å². The third-order valence-electron chi connectivity index (χ3n) is 5.21. The summed E-state index contributed by atoms with van der Waals surface area (Å²) in [7, 11) is -2.18. The number of aromatic nitrogens is 1. The number of pyridine rings is 1. The molecule has 2 aromatic rings. The summed E-state index contributed by atoms with van der Waals surface area (Å²) in [5, 5.41) is 2.77. The minimum atomic E-state index is -3.77. The van der Waals surface area contributed by atoms with Crippen molar-refractivity contribution >= 4 is 21.8 Å². The van der Waals surface area contributed by atoms with E-state index in [0.29, 0.717) is 32.2 Å². The molecule has 2 heterocycles. The molecular weight excluding hydrogens is 448 g/mol. The van der Waals surface area contributed by atoms with Crippen LogP contribution in [-0.4, -0.2) is 80.9 Å². The summed E-state index contributed by atoms with van der Waals surface area (Å²) in [6.07, 6.45) is 1.60. The third kappa shape index (κ3) is 6.50. The minimum Gasteiger partial charge on any atom is -0.475 e. The Morgan fingerprint density at radius 1 is 1.09 bits per heavy atom. The van der Waals surface area contributed by atoms with Gasteiger partial charge in [-0.15, -0.1) is 0 Å². The summed E-state index contributed by atoms with van der Waals surface area (Å²) in [6, 6.07) is 9.43. The number of sulfonamides is 1. The van der Waals surface area contributed by atoms with E-state index >= 15 is 0 Å². The Kier molecular flexibility index (Phi) is 8.37. The van der Waals surface area contributed by atoms with Crippen molar-refractivity contribution in [3.8, 4) is 5.88 Å². The minimum absolute atomic E-state index is 0.0469. The van der Waals surface area contributed by atoms with Gasteiger partial charge in [0.05, 0.1) is 11.5 Å². The lowest BCUT2D eigenvalue weighted by molar-refractivity contribution is -0.129. The summed E-state index contributed by atoms with van der Waals surface area (Å²) in [6.45, 7) is 3.68. The van der Waals surface area contributed by atoms with Crippen molar-refractivity contribution < 1.29 is 27.5 Å². The molecule has 178 valence electrons. The molecule has 0 unspecified atom stereocenters. The lowest BCUT2D eigenvalue weighted by Gasteiger charge is -2.33. The van der Waals surface area contributed by atoms with Gasteiger partial charge in [-0.1, -0.05) is 12.1 Å². The van der Waals surface area contributed by atoms with Crippen LogP contribution in [0.1, 0.15) is 22.8 Å². The first-order valence-corrected chi connectivity index (χ1v) is 12.0. The van der Waals surface area contributed by atoms with E-state index in [1.165, 1.54) is 23.4 Å². The molecule has 2 amide bonds. The van der Waals surface area contributed by atoms with Gasteiger partial charge in [0.25, 0.3) is 5.91 Å². The molecule has 0 atom stereocenters. The molecule has 0 saturated carbocycles. The van der Waals surface area contributed by atoms with Crippen LogP contribution >= 0.6 is 0 Å². The fourth-order valence-corrected chi connectivity index (χ4v) is 4.77. The zero-order valence-corrected chi connectivity index (χ0v) is 19.5. The van der Waals surface area contributed by atoms with E-state index in [1.54, 1.807) is 42.5 Å². The average molecular weight is 477 g/mol. The van der Waals surface area contributed by atoms with Crippen molar-refractivity contribution in [2.75, 3.05) is 46.5 Å². The molecule has 1 aliphatic rings. The first-order chi connectivity index (χ1) is 15.8. The van der Waals surface area contributed by atoms with E-state index in [-0.39, 0.29) is 36.0 Å². The first-order valence-electron chi connectivity index (χ1n) is 10.5. The number of hydrogen-bond donors (Lipinski definition) is 1. The zero-order chi connectivity index (χ0) is 23.8. The lowest BCUT2D eigenvalue weighted by atomic mass is 10.2. The number of hydrogen-bond acceptors (Lipinski definition) is 7. The number of nitrogens with zero attached hydrogens (tertiary/aromatic N) is 3. The third-order valence-corrected chi connectivity index (χ3v) is 7.10. The SMILES string of the molecule is COCCOc1ccc(CNC(=O)c2cccc(S(=O)(=O)N3CCN(C(C)=O)CC3)c2)cn1. The van der Waals surface area contributed by atoms with E-state index < -0.39 is 15.9 Å². The van der Waals surface area contributed by atoms with Crippen LogP contribution in [0.3, 0.4) is 0 Å². The van der Waals surface area contributed by atoms with Crippen molar-refractivity contribution in [1.29, 1.82) is 0 Å². The van der Waals surface area contributed by atoms with E-state index in [1.807, 2.05) is 0 Å². The van der Waals surface area contributed by atoms with Crippen molar-refractivity contribution in [2.24, 2.45) is 0 Å². The molecule has 33 heavy (non-hydrogen) atoms. The number of rotatable bonds is 9. The Bertz CT molecular complexity index is 1070. The van der Waals surface area contributed by atoms with E-state index in [4.69, 9.17) is 9.47 Å². The molecule has 1 aromatic carbocycles. The molecule has 1 fully saturated rings. The van der Waals surface area contributed by atoms with Crippen molar-refractivity contribution in [3.63, 3.8) is 0 Å². The standard InChI is InChI=1S/C22H28N4O6S/c1-17(27)25-8-10-26(11-9-25)33(29,30)20-5-3-4-19(14-20)22(28)24-16-18-6-7-21(23-15-18)32-13-12-31-2/h3-7,14-15H,8-13,16H2,1-2H3,(H,24,28). The molecule has 0 spiro atoms. The van der Waals surface area contributed by atoms with E-state index in [0.717, 1.165) is 5.56 Å². The summed E-state index contributed by atoms with van der Waals surface area (Å²) in [4.78, 5) is 29.9. The molecule has 11 heteroatoms. The fourth-order valence-electron chi connectivity index (χ4n) is 3.31. The highest BCUT2D eigenvalue weighted by molar-refractivity contribution is 7.89. The fraction of sp³-hybridized carbons (Fsp3) is 0.409. The number of carbonyl (C=O) groups excluding carboxylic acids is 2. The summed E-state index contributed by atoms with van der Waals surface area (Å²) in [5.74, 6) is -0.00721. The quantitative estimate of drug-likeness (QED) is 0.534. The Labute approximate surface area is 193 Å². The number of nitrogens with one attached hydrogen (secondary N) is 1. The predicted molar refractivity (Wildman–Crippen MR) is 120 cm³/mol.